The molecule has 1 aliphatic heterocycles. The Balaban J connectivity index is 2.19. The maximum atomic E-state index is 14.3. The molecule has 0 aromatic carbocycles. The molecule has 1 saturated heterocycles. The summed E-state index contributed by atoms with van der Waals surface area (Å²) in [7, 11) is 0. The minimum absolute atomic E-state index is 0.419. The van der Waals surface area contributed by atoms with Crippen molar-refractivity contribution in [3.8, 4) is 0 Å². The van der Waals surface area contributed by atoms with Gasteiger partial charge < -0.3 is 5.32 Å². The SMILES string of the molecule is CCn1cc(C2(F)CCCNC2)cn1. The van der Waals surface area contributed by atoms with Gasteiger partial charge in [0.05, 0.1) is 6.20 Å². The van der Waals surface area contributed by atoms with Crippen LogP contribution in [0.2, 0.25) is 0 Å². The number of hydrogen-bond donors (Lipinski definition) is 1. The van der Waals surface area contributed by atoms with Gasteiger partial charge in [-0.2, -0.15) is 5.10 Å². The molecular formula is C10H16FN3. The Bertz CT molecular complexity index is 302. The quantitative estimate of drug-likeness (QED) is 0.777. The van der Waals surface area contributed by atoms with Crippen LogP contribution in [-0.4, -0.2) is 22.9 Å². The first-order valence-corrected chi connectivity index (χ1v) is 5.17. The van der Waals surface area contributed by atoms with Crippen LogP contribution in [0.5, 0.6) is 0 Å². The van der Waals surface area contributed by atoms with E-state index in [1.807, 2.05) is 13.1 Å². The lowest BCUT2D eigenvalue weighted by Crippen LogP contribution is -2.39. The largest absolute Gasteiger partial charge is 0.313 e. The highest BCUT2D eigenvalue weighted by Crippen LogP contribution is 2.32. The molecule has 14 heavy (non-hydrogen) atoms. The van der Waals surface area contributed by atoms with Crippen molar-refractivity contribution in [2.45, 2.75) is 32.0 Å². The minimum Gasteiger partial charge on any atom is -0.313 e. The highest BCUT2D eigenvalue weighted by Gasteiger charge is 2.34. The van der Waals surface area contributed by atoms with E-state index in [4.69, 9.17) is 0 Å². The van der Waals surface area contributed by atoms with Crippen LogP contribution in [-0.2, 0) is 12.2 Å². The smallest absolute Gasteiger partial charge is 0.151 e. The second kappa shape index (κ2) is 3.69. The van der Waals surface area contributed by atoms with Crippen molar-refractivity contribution in [2.75, 3.05) is 13.1 Å². The lowest BCUT2D eigenvalue weighted by Gasteiger charge is -2.29. The van der Waals surface area contributed by atoms with Crippen LogP contribution in [0.4, 0.5) is 4.39 Å². The first-order chi connectivity index (χ1) is 6.74. The van der Waals surface area contributed by atoms with E-state index >= 15 is 0 Å². The summed E-state index contributed by atoms with van der Waals surface area (Å²) >= 11 is 0. The van der Waals surface area contributed by atoms with Crippen molar-refractivity contribution >= 4 is 0 Å². The van der Waals surface area contributed by atoms with Gasteiger partial charge in [0.25, 0.3) is 0 Å². The van der Waals surface area contributed by atoms with Crippen molar-refractivity contribution in [2.24, 2.45) is 0 Å². The van der Waals surface area contributed by atoms with Gasteiger partial charge in [0.1, 0.15) is 0 Å². The number of rotatable bonds is 2. The molecule has 1 aromatic rings. The van der Waals surface area contributed by atoms with E-state index in [0.29, 0.717) is 18.5 Å². The summed E-state index contributed by atoms with van der Waals surface area (Å²) in [6, 6.07) is 0. The summed E-state index contributed by atoms with van der Waals surface area (Å²) < 4.78 is 16.1. The van der Waals surface area contributed by atoms with Gasteiger partial charge in [0, 0.05) is 24.8 Å². The zero-order chi connectivity index (χ0) is 10.0. The molecule has 1 unspecified atom stereocenters. The van der Waals surface area contributed by atoms with Crippen molar-refractivity contribution in [1.82, 2.24) is 15.1 Å². The molecule has 0 radical (unpaired) electrons. The third kappa shape index (κ3) is 1.66. The number of nitrogens with one attached hydrogen (secondary N) is 1. The van der Waals surface area contributed by atoms with E-state index in [-0.39, 0.29) is 0 Å². The third-order valence-electron chi connectivity index (χ3n) is 2.81. The molecule has 1 atom stereocenters. The molecule has 0 saturated carbocycles. The van der Waals surface area contributed by atoms with Crippen LogP contribution < -0.4 is 5.32 Å². The first-order valence-electron chi connectivity index (χ1n) is 5.17. The highest BCUT2D eigenvalue weighted by molar-refractivity contribution is 5.17. The van der Waals surface area contributed by atoms with Crippen LogP contribution in [0.15, 0.2) is 12.4 Å². The van der Waals surface area contributed by atoms with Gasteiger partial charge in [-0.3, -0.25) is 4.68 Å². The van der Waals surface area contributed by atoms with E-state index in [1.165, 1.54) is 0 Å². The van der Waals surface area contributed by atoms with E-state index in [2.05, 4.69) is 10.4 Å². The average molecular weight is 197 g/mol. The van der Waals surface area contributed by atoms with E-state index in [1.54, 1.807) is 10.9 Å². The van der Waals surface area contributed by atoms with Crippen LogP contribution in [0.3, 0.4) is 0 Å². The zero-order valence-corrected chi connectivity index (χ0v) is 8.46. The highest BCUT2D eigenvalue weighted by atomic mass is 19.1. The predicted molar refractivity (Wildman–Crippen MR) is 52.8 cm³/mol. The molecule has 0 bridgehead atoms. The van der Waals surface area contributed by atoms with Gasteiger partial charge in [-0.1, -0.05) is 0 Å². The Morgan fingerprint density at radius 1 is 1.71 bits per heavy atom. The van der Waals surface area contributed by atoms with Crippen molar-refractivity contribution < 1.29 is 4.39 Å². The zero-order valence-electron chi connectivity index (χ0n) is 8.46. The normalized spacial score (nSPS) is 27.9. The topological polar surface area (TPSA) is 29.9 Å². The Morgan fingerprint density at radius 3 is 3.14 bits per heavy atom. The van der Waals surface area contributed by atoms with Gasteiger partial charge >= 0.3 is 0 Å². The third-order valence-corrected chi connectivity index (χ3v) is 2.81. The van der Waals surface area contributed by atoms with Gasteiger partial charge in [0.2, 0.25) is 0 Å². The molecule has 0 aliphatic carbocycles. The maximum Gasteiger partial charge on any atom is 0.151 e. The second-order valence-corrected chi connectivity index (χ2v) is 3.83. The fourth-order valence-corrected chi connectivity index (χ4v) is 1.88. The molecule has 1 aromatic heterocycles. The molecule has 0 spiro atoms. The lowest BCUT2D eigenvalue weighted by atomic mass is 9.91. The number of piperidine rings is 1. The number of nitrogens with zero attached hydrogens (tertiary/aromatic N) is 2. The molecule has 1 fully saturated rings. The fourth-order valence-electron chi connectivity index (χ4n) is 1.88. The van der Waals surface area contributed by atoms with Gasteiger partial charge in [-0.05, 0) is 26.3 Å². The van der Waals surface area contributed by atoms with Crippen molar-refractivity contribution in [1.29, 1.82) is 0 Å². The number of alkyl halides is 1. The monoisotopic (exact) mass is 197 g/mol. The molecule has 1 N–H and O–H groups in total. The lowest BCUT2D eigenvalue weighted by molar-refractivity contribution is 0.122. The number of hydrogen-bond acceptors (Lipinski definition) is 2. The van der Waals surface area contributed by atoms with Crippen molar-refractivity contribution in [3.05, 3.63) is 18.0 Å². The van der Waals surface area contributed by atoms with Crippen LogP contribution in [0.1, 0.15) is 25.3 Å². The fraction of sp³-hybridized carbons (Fsp3) is 0.700. The standard InChI is InChI=1S/C10H16FN3/c1-2-14-7-9(6-13-14)10(11)4-3-5-12-8-10/h6-7,12H,2-5,8H2,1H3. The molecule has 1 aliphatic rings. The Morgan fingerprint density at radius 2 is 2.57 bits per heavy atom. The Labute approximate surface area is 83.3 Å². The summed E-state index contributed by atoms with van der Waals surface area (Å²) in [5, 5.41) is 7.19. The van der Waals surface area contributed by atoms with Gasteiger partial charge in [-0.15, -0.1) is 0 Å². The average Bonchev–Trinajstić information content (AvgIpc) is 2.67. The molecule has 2 rings (SSSR count). The maximum absolute atomic E-state index is 14.3. The van der Waals surface area contributed by atoms with Crippen molar-refractivity contribution in [3.63, 3.8) is 0 Å². The molecular weight excluding hydrogens is 181 g/mol. The molecule has 0 amide bonds. The Hall–Kier alpha value is -0.900. The molecule has 78 valence electrons. The number of halogens is 1. The van der Waals surface area contributed by atoms with Crippen LogP contribution in [0.25, 0.3) is 0 Å². The Kier molecular flexibility index (Phi) is 2.54. The molecule has 4 heteroatoms. The summed E-state index contributed by atoms with van der Waals surface area (Å²) in [6.45, 7) is 4.14. The number of aromatic nitrogens is 2. The number of aryl methyl sites for hydroxylation is 1. The van der Waals surface area contributed by atoms with Gasteiger partial charge in [0.15, 0.2) is 5.67 Å². The van der Waals surface area contributed by atoms with Crippen LogP contribution in [0, 0.1) is 0 Å². The second-order valence-electron chi connectivity index (χ2n) is 3.83. The van der Waals surface area contributed by atoms with E-state index in [0.717, 1.165) is 19.5 Å². The predicted octanol–water partition coefficient (Wildman–Crippen LogP) is 1.45. The first kappa shape index (κ1) is 9.65. The molecule has 3 nitrogen and oxygen atoms in total. The van der Waals surface area contributed by atoms with E-state index in [9.17, 15) is 4.39 Å². The van der Waals surface area contributed by atoms with E-state index < -0.39 is 5.67 Å². The summed E-state index contributed by atoms with van der Waals surface area (Å²) in [6.07, 6.45) is 4.96. The minimum atomic E-state index is -1.20. The van der Waals surface area contributed by atoms with Crippen LogP contribution >= 0.6 is 0 Å². The summed E-state index contributed by atoms with van der Waals surface area (Å²) in [5.74, 6) is 0. The summed E-state index contributed by atoms with van der Waals surface area (Å²) in [4.78, 5) is 0. The van der Waals surface area contributed by atoms with Gasteiger partial charge in [-0.25, -0.2) is 4.39 Å². The summed E-state index contributed by atoms with van der Waals surface area (Å²) in [5.41, 5.74) is -0.488. The molecule has 2 heterocycles.